The molecular weight excluding hydrogens is 471 g/mol. The zero-order chi connectivity index (χ0) is 25.5. The second kappa shape index (κ2) is 14.5. The van der Waals surface area contributed by atoms with Gasteiger partial charge in [0.05, 0.1) is 12.6 Å². The summed E-state index contributed by atoms with van der Waals surface area (Å²) in [6.45, 7) is 0.759. The second-order valence-electron chi connectivity index (χ2n) is 7.46. The van der Waals surface area contributed by atoms with Crippen molar-refractivity contribution in [3.63, 3.8) is 0 Å². The molecule has 8 N–H and O–H groups in total. The molecule has 1 unspecified atom stereocenters. The summed E-state index contributed by atoms with van der Waals surface area (Å²) in [7, 11) is 0. The number of nitrogens with two attached hydrogens (primary N) is 2. The second-order valence-corrected chi connectivity index (χ2v) is 7.46. The summed E-state index contributed by atoms with van der Waals surface area (Å²) in [4.78, 5) is 59.1. The molecule has 1 aliphatic rings. The van der Waals surface area contributed by atoms with Crippen LogP contribution in [0, 0.1) is 0 Å². The van der Waals surface area contributed by atoms with Crippen LogP contribution < -0.4 is 51.4 Å². The van der Waals surface area contributed by atoms with E-state index >= 15 is 0 Å². The molecule has 1 rings (SSSR count). The molecule has 1 saturated heterocycles. The van der Waals surface area contributed by atoms with E-state index in [-0.39, 0.29) is 36.0 Å². The van der Waals surface area contributed by atoms with Crippen molar-refractivity contribution in [3.8, 4) is 0 Å². The van der Waals surface area contributed by atoms with E-state index in [1.807, 2.05) is 0 Å². The largest absolute Gasteiger partial charge is 1.00 e. The van der Waals surface area contributed by atoms with Crippen LogP contribution in [0.15, 0.2) is 0 Å². The van der Waals surface area contributed by atoms with E-state index in [0.717, 1.165) is 11.8 Å². The molecule has 0 bridgehead atoms. The van der Waals surface area contributed by atoms with Crippen LogP contribution >= 0.6 is 0 Å². The van der Waals surface area contributed by atoms with E-state index < -0.39 is 92.0 Å². The van der Waals surface area contributed by atoms with Crippen molar-refractivity contribution in [2.45, 2.75) is 69.4 Å². The van der Waals surface area contributed by atoms with Gasteiger partial charge in [0.1, 0.15) is 37.0 Å². The number of ether oxygens (including phenoxy) is 2. The summed E-state index contributed by atoms with van der Waals surface area (Å²) in [6, 6.07) is -4.06. The van der Waals surface area contributed by atoms with Crippen LogP contribution in [-0.2, 0) is 33.4 Å². The number of aliphatic hydroxyl groups excluding tert-OH is 2. The summed E-state index contributed by atoms with van der Waals surface area (Å²) < 4.78 is 10.6. The van der Waals surface area contributed by atoms with Crippen LogP contribution in [0.5, 0.6) is 0 Å². The van der Waals surface area contributed by atoms with Crippen LogP contribution in [-0.4, -0.2) is 106 Å². The van der Waals surface area contributed by atoms with Gasteiger partial charge in [0, 0.05) is 12.9 Å². The van der Waals surface area contributed by atoms with Gasteiger partial charge in [-0.15, -0.1) is 0 Å². The molecule has 15 nitrogen and oxygen atoms in total. The predicted octanol–water partition coefficient (Wildman–Crippen LogP) is -8.40. The standard InChI is InChI=1S/C18H30N4O11.Na/c1-7(17(31)21-9(16(20)30)3-4-11(25)26)22(8(2)24)18-13(19)15(32-6-12(27)28)14(29)10(5-23)33-18;/h7,9-10,13-15,18,23,29H,3-6,19H2,1-2H3,(H2,20,30)(H,21,31)(H,25,26)(H,27,28);/q;+1/p-1/t7-,9+,10+,13+,14+,15+,18?;/m0./s1. The Labute approximate surface area is 217 Å². The minimum atomic E-state index is -1.54. The molecule has 0 aromatic carbocycles. The Kier molecular flexibility index (Phi) is 13.7. The summed E-state index contributed by atoms with van der Waals surface area (Å²) in [5, 5.41) is 41.6. The smallest absolute Gasteiger partial charge is 0.550 e. The number of primary amides is 1. The van der Waals surface area contributed by atoms with Crippen molar-refractivity contribution in [3.05, 3.63) is 0 Å². The number of aliphatic hydroxyl groups is 2. The van der Waals surface area contributed by atoms with E-state index in [1.165, 1.54) is 6.92 Å². The Morgan fingerprint density at radius 1 is 1.26 bits per heavy atom. The number of nitrogens with one attached hydrogen (secondary N) is 1. The quantitative estimate of drug-likeness (QED) is 0.137. The van der Waals surface area contributed by atoms with Crippen molar-refractivity contribution in [2.75, 3.05) is 13.2 Å². The van der Waals surface area contributed by atoms with Gasteiger partial charge in [0.25, 0.3) is 0 Å². The van der Waals surface area contributed by atoms with Gasteiger partial charge >= 0.3 is 35.5 Å². The fraction of sp³-hybridized carbons (Fsp3) is 0.722. The number of aliphatic carboxylic acids is 2. The van der Waals surface area contributed by atoms with Gasteiger partial charge in [-0.3, -0.25) is 14.4 Å². The molecule has 34 heavy (non-hydrogen) atoms. The first-order valence-corrected chi connectivity index (χ1v) is 9.93. The molecule has 0 radical (unpaired) electrons. The maximum atomic E-state index is 12.7. The molecular formula is C18H29N4NaO11. The molecule has 1 fully saturated rings. The van der Waals surface area contributed by atoms with Gasteiger partial charge in [0.15, 0.2) is 6.23 Å². The van der Waals surface area contributed by atoms with Crippen molar-refractivity contribution in [1.29, 1.82) is 0 Å². The molecule has 1 aliphatic heterocycles. The maximum absolute atomic E-state index is 12.7. The number of nitrogens with zero attached hydrogens (tertiary/aromatic N) is 1. The van der Waals surface area contributed by atoms with Gasteiger partial charge in [-0.1, -0.05) is 0 Å². The Hall–Kier alpha value is -1.85. The monoisotopic (exact) mass is 500 g/mol. The predicted molar refractivity (Wildman–Crippen MR) is 104 cm³/mol. The third-order valence-electron chi connectivity index (χ3n) is 5.05. The van der Waals surface area contributed by atoms with Crippen molar-refractivity contribution >= 4 is 29.7 Å². The van der Waals surface area contributed by atoms with Crippen molar-refractivity contribution in [2.24, 2.45) is 11.5 Å². The third-order valence-corrected chi connectivity index (χ3v) is 5.05. The van der Waals surface area contributed by atoms with E-state index in [4.69, 9.17) is 26.0 Å². The summed E-state index contributed by atoms with van der Waals surface area (Å²) >= 11 is 0. The molecule has 3 amide bonds. The number of carbonyl (C=O) groups excluding carboxylic acids is 4. The Balaban J connectivity index is 0.0000109. The van der Waals surface area contributed by atoms with Crippen LogP contribution in [0.25, 0.3) is 0 Å². The SMILES string of the molecule is CC(=O)N(C1O[C@H](CO)[C@@H](O)[C@H](OCC(=O)O)[C@H]1N)[C@@H](C)C(=O)N[C@H](CCC(=O)[O-])C(N)=O.[Na+]. The fourth-order valence-corrected chi connectivity index (χ4v) is 3.37. The minimum absolute atomic E-state index is 0. The van der Waals surface area contributed by atoms with Gasteiger partial charge in [0.2, 0.25) is 17.7 Å². The average molecular weight is 500 g/mol. The summed E-state index contributed by atoms with van der Waals surface area (Å²) in [5.41, 5.74) is 11.3. The average Bonchev–Trinajstić information content (AvgIpc) is 2.71. The Morgan fingerprint density at radius 2 is 1.85 bits per heavy atom. The van der Waals surface area contributed by atoms with Crippen LogP contribution in [0.1, 0.15) is 26.7 Å². The summed E-state index contributed by atoms with van der Waals surface area (Å²) in [6.07, 6.45) is -6.60. The number of rotatable bonds is 12. The van der Waals surface area contributed by atoms with E-state index in [1.54, 1.807) is 0 Å². The molecule has 1 heterocycles. The summed E-state index contributed by atoms with van der Waals surface area (Å²) in [5.74, 6) is -5.46. The number of carboxylic acids is 2. The van der Waals surface area contributed by atoms with Crippen LogP contribution in [0.2, 0.25) is 0 Å². The van der Waals surface area contributed by atoms with Gasteiger partial charge in [-0.05, 0) is 19.8 Å². The zero-order valence-corrected chi connectivity index (χ0v) is 21.1. The first-order valence-electron chi connectivity index (χ1n) is 9.93. The normalized spacial score (nSPS) is 25.9. The van der Waals surface area contributed by atoms with Crippen LogP contribution in [0.3, 0.4) is 0 Å². The van der Waals surface area contributed by atoms with Crippen LogP contribution in [0.4, 0.5) is 0 Å². The number of carbonyl (C=O) groups is 5. The molecule has 188 valence electrons. The molecule has 0 aromatic heterocycles. The first-order chi connectivity index (χ1) is 15.3. The number of hydrogen-bond acceptors (Lipinski definition) is 11. The van der Waals surface area contributed by atoms with Crippen molar-refractivity contribution < 1.29 is 83.4 Å². The molecule has 0 saturated carbocycles. The van der Waals surface area contributed by atoms with Gasteiger partial charge < -0.3 is 56.4 Å². The fourth-order valence-electron chi connectivity index (χ4n) is 3.37. The Bertz CT molecular complexity index is 755. The molecule has 0 aromatic rings. The number of hydrogen-bond donors (Lipinski definition) is 6. The third kappa shape index (κ3) is 8.74. The Morgan fingerprint density at radius 3 is 2.29 bits per heavy atom. The molecule has 16 heteroatoms. The zero-order valence-electron chi connectivity index (χ0n) is 19.1. The van der Waals surface area contributed by atoms with E-state index in [2.05, 4.69) is 5.32 Å². The first kappa shape index (κ1) is 32.1. The topological polar surface area (TPSA) is 255 Å². The number of amides is 3. The molecule has 0 spiro atoms. The molecule has 0 aliphatic carbocycles. The maximum Gasteiger partial charge on any atom is 1.00 e. The van der Waals surface area contributed by atoms with E-state index in [9.17, 15) is 39.3 Å². The van der Waals surface area contributed by atoms with Gasteiger partial charge in [-0.25, -0.2) is 4.79 Å². The van der Waals surface area contributed by atoms with Gasteiger partial charge in [-0.2, -0.15) is 0 Å². The van der Waals surface area contributed by atoms with E-state index in [0.29, 0.717) is 0 Å². The minimum Gasteiger partial charge on any atom is -0.550 e. The van der Waals surface area contributed by atoms with Crippen molar-refractivity contribution in [1.82, 2.24) is 10.2 Å². The molecule has 7 atom stereocenters. The number of carboxylic acid groups (broad SMARTS) is 2.